The minimum absolute atomic E-state index is 0.0623. The van der Waals surface area contributed by atoms with Crippen LogP contribution < -0.4 is 4.90 Å². The Bertz CT molecular complexity index is 4270. The highest BCUT2D eigenvalue weighted by Crippen LogP contribution is 2.51. The molecule has 0 bridgehead atoms. The van der Waals surface area contributed by atoms with Gasteiger partial charge in [-0.2, -0.15) is 5.06 Å². The number of para-hydroxylation sites is 1. The highest BCUT2D eigenvalue weighted by molar-refractivity contribution is 6.11. The number of hydrogen-bond acceptors (Lipinski definition) is 3. The van der Waals surface area contributed by atoms with Crippen LogP contribution in [0.25, 0.3) is 72.0 Å². The van der Waals surface area contributed by atoms with Gasteiger partial charge in [0, 0.05) is 44.5 Å². The van der Waals surface area contributed by atoms with Gasteiger partial charge in [0.2, 0.25) is 0 Å². The van der Waals surface area contributed by atoms with Gasteiger partial charge >= 0.3 is 0 Å². The van der Waals surface area contributed by atoms with Crippen LogP contribution in [0.5, 0.6) is 0 Å². The summed E-state index contributed by atoms with van der Waals surface area (Å²) in [4.78, 5) is 9.86. The van der Waals surface area contributed by atoms with Crippen molar-refractivity contribution in [1.82, 2.24) is 9.63 Å². The quantitative estimate of drug-likeness (QED) is 0.0900. The fourth-order valence-electron chi connectivity index (χ4n) is 13.3. The summed E-state index contributed by atoms with van der Waals surface area (Å²) in [5.74, 6) is 0.588. The molecule has 420 valence electrons. The molecule has 3 atom stereocenters. The van der Waals surface area contributed by atoms with Crippen molar-refractivity contribution in [2.24, 2.45) is 5.92 Å². The van der Waals surface area contributed by atoms with E-state index >= 15 is 0 Å². The maximum atomic E-state index is 7.45. The molecule has 0 fully saturated rings. The van der Waals surface area contributed by atoms with Gasteiger partial charge in [0.15, 0.2) is 0 Å². The number of benzene rings is 11. The lowest BCUT2D eigenvalue weighted by molar-refractivity contribution is -0.278. The molecule has 1 aromatic heterocycles. The molecule has 0 saturated heterocycles. The second kappa shape index (κ2) is 22.8. The Balaban J connectivity index is 0.861. The second-order valence-corrected chi connectivity index (χ2v) is 25.2. The molecule has 85 heavy (non-hydrogen) atoms. The van der Waals surface area contributed by atoms with Gasteiger partial charge < -0.3 is 9.47 Å². The number of aromatic nitrogens is 1. The molecule has 4 heteroatoms. The molecular formula is C81H75N3O. The molecule has 1 aliphatic carbocycles. The summed E-state index contributed by atoms with van der Waals surface area (Å²) in [6.45, 7) is 18.5. The van der Waals surface area contributed by atoms with Gasteiger partial charge in [0.25, 0.3) is 0 Å². The summed E-state index contributed by atoms with van der Waals surface area (Å²) >= 11 is 0. The number of hydroxylamine groups is 2. The fraction of sp³-hybridized carbons (Fsp3) is 0.185. The van der Waals surface area contributed by atoms with Crippen LogP contribution in [-0.4, -0.2) is 15.2 Å². The minimum atomic E-state index is -0.274. The summed E-state index contributed by atoms with van der Waals surface area (Å²) in [7, 11) is 0. The average molecular weight is 1110 g/mol. The van der Waals surface area contributed by atoms with E-state index in [0.717, 1.165) is 34.7 Å². The zero-order chi connectivity index (χ0) is 58.4. The molecule has 0 amide bonds. The highest BCUT2D eigenvalue weighted by Gasteiger charge is 2.38. The average Bonchev–Trinajstić information content (AvgIpc) is 2.21. The van der Waals surface area contributed by atoms with E-state index in [0.29, 0.717) is 5.92 Å². The van der Waals surface area contributed by atoms with E-state index in [-0.39, 0.29) is 29.0 Å². The number of fused-ring (bicyclic) bond motifs is 6. The summed E-state index contributed by atoms with van der Waals surface area (Å²) < 4.78 is 2.42. The summed E-state index contributed by atoms with van der Waals surface area (Å²) in [5, 5.41) is 4.72. The third-order valence-corrected chi connectivity index (χ3v) is 17.8. The van der Waals surface area contributed by atoms with Gasteiger partial charge in [0.05, 0.1) is 17.1 Å². The summed E-state index contributed by atoms with van der Waals surface area (Å²) in [6.07, 6.45) is 0.641. The van der Waals surface area contributed by atoms with Crippen LogP contribution in [0.1, 0.15) is 108 Å². The van der Waals surface area contributed by atoms with Gasteiger partial charge in [-0.3, -0.25) is 4.84 Å². The molecule has 13 rings (SSSR count). The third-order valence-electron chi connectivity index (χ3n) is 17.8. The molecule has 11 aromatic carbocycles. The van der Waals surface area contributed by atoms with Crippen molar-refractivity contribution in [3.8, 4) is 50.2 Å². The standard InChI is InChI=1S/C81H75N3O/c1-55(2)79(63-27-17-11-18-28-63)84(80(4,5)6)85-78(51-56(3)57-23-13-9-14-24-57)62-35-33-60(34-36-62)64-41-49-76-72(52-64)73-53-65(42-50-77(73)83(76)66-29-19-12-20-30-66)61-39-45-68(46-40-61)82(67-43-37-59(38-44-67)58-25-15-10-16-26-58)69-47-48-71-70-31-21-22-32-74(70)81(7,8)75(71)54-69/h9-50,52-56,78-79H,51H2,1-8H3. The molecule has 4 nitrogen and oxygen atoms in total. The zero-order valence-corrected chi connectivity index (χ0v) is 50.2. The Morgan fingerprint density at radius 3 is 1.41 bits per heavy atom. The molecule has 1 heterocycles. The van der Waals surface area contributed by atoms with Gasteiger partial charge in [-0.25, -0.2) is 0 Å². The zero-order valence-electron chi connectivity index (χ0n) is 50.2. The Hall–Kier alpha value is -9.06. The first-order valence-corrected chi connectivity index (χ1v) is 30.4. The Morgan fingerprint density at radius 1 is 0.412 bits per heavy atom. The molecule has 0 radical (unpaired) electrons. The van der Waals surface area contributed by atoms with Gasteiger partial charge in [-0.15, -0.1) is 0 Å². The minimum Gasteiger partial charge on any atom is -0.310 e. The molecule has 12 aromatic rings. The molecule has 1 aliphatic rings. The third kappa shape index (κ3) is 10.7. The lowest BCUT2D eigenvalue weighted by Crippen LogP contribution is -2.46. The first-order valence-electron chi connectivity index (χ1n) is 30.4. The van der Waals surface area contributed by atoms with Crippen molar-refractivity contribution in [2.45, 2.75) is 90.8 Å². The Morgan fingerprint density at radius 2 is 0.859 bits per heavy atom. The van der Waals surface area contributed by atoms with Crippen molar-refractivity contribution < 1.29 is 4.84 Å². The van der Waals surface area contributed by atoms with Crippen LogP contribution in [0.4, 0.5) is 17.1 Å². The van der Waals surface area contributed by atoms with E-state index < -0.39 is 0 Å². The lowest BCUT2D eigenvalue weighted by atomic mass is 9.82. The van der Waals surface area contributed by atoms with Gasteiger partial charge in [-0.05, 0) is 184 Å². The van der Waals surface area contributed by atoms with E-state index in [4.69, 9.17) is 4.84 Å². The maximum Gasteiger partial charge on any atom is 0.105 e. The predicted octanol–water partition coefficient (Wildman–Crippen LogP) is 22.2. The van der Waals surface area contributed by atoms with Crippen molar-refractivity contribution in [1.29, 1.82) is 0 Å². The maximum absolute atomic E-state index is 7.45. The van der Waals surface area contributed by atoms with Crippen LogP contribution >= 0.6 is 0 Å². The number of hydrogen-bond donors (Lipinski definition) is 0. The molecule has 3 unspecified atom stereocenters. The largest absolute Gasteiger partial charge is 0.310 e. The SMILES string of the molecule is CC(CC(ON(C(c1ccccc1)C(C)C)C(C)(C)C)c1ccc(-c2ccc3c(c2)c2cc(-c4ccc(N(c5ccc(-c6ccccc6)cc5)c5ccc6c(c5)C(C)(C)c5ccccc5-6)cc4)ccc2n3-c2ccccc2)cc1)c1ccccc1. The first kappa shape index (κ1) is 55.1. The normalized spacial score (nSPS) is 13.9. The van der Waals surface area contributed by atoms with E-state index in [1.807, 2.05) is 0 Å². The summed E-state index contributed by atoms with van der Waals surface area (Å²) in [5.41, 5.74) is 22.6. The number of rotatable bonds is 16. The predicted molar refractivity (Wildman–Crippen MR) is 358 cm³/mol. The lowest BCUT2D eigenvalue weighted by Gasteiger charge is -2.44. The highest BCUT2D eigenvalue weighted by atomic mass is 16.7. The number of nitrogens with zero attached hydrogens (tertiary/aromatic N) is 3. The van der Waals surface area contributed by atoms with Crippen molar-refractivity contribution in [3.63, 3.8) is 0 Å². The van der Waals surface area contributed by atoms with E-state index in [2.05, 4.69) is 343 Å². The summed E-state index contributed by atoms with van der Waals surface area (Å²) in [6, 6.07) is 101. The van der Waals surface area contributed by atoms with Gasteiger partial charge in [-0.1, -0.05) is 235 Å². The van der Waals surface area contributed by atoms with Crippen LogP contribution in [0, 0.1) is 5.92 Å². The van der Waals surface area contributed by atoms with E-state index in [9.17, 15) is 0 Å². The van der Waals surface area contributed by atoms with Crippen LogP contribution in [0.3, 0.4) is 0 Å². The van der Waals surface area contributed by atoms with Gasteiger partial charge in [0.1, 0.15) is 6.10 Å². The molecule has 0 aliphatic heterocycles. The van der Waals surface area contributed by atoms with Crippen molar-refractivity contribution in [2.75, 3.05) is 4.90 Å². The van der Waals surface area contributed by atoms with Crippen molar-refractivity contribution in [3.05, 3.63) is 301 Å². The monoisotopic (exact) mass is 1110 g/mol. The van der Waals surface area contributed by atoms with Crippen LogP contribution in [0.15, 0.2) is 273 Å². The molecule has 0 N–H and O–H groups in total. The Kier molecular flexibility index (Phi) is 14.8. The van der Waals surface area contributed by atoms with E-state index in [1.54, 1.807) is 0 Å². The first-order chi connectivity index (χ1) is 41.3. The molecule has 0 saturated carbocycles. The van der Waals surface area contributed by atoms with E-state index in [1.165, 1.54) is 88.6 Å². The topological polar surface area (TPSA) is 20.6 Å². The smallest absolute Gasteiger partial charge is 0.105 e. The number of anilines is 3. The second-order valence-electron chi connectivity index (χ2n) is 25.2. The van der Waals surface area contributed by atoms with Crippen molar-refractivity contribution >= 4 is 38.9 Å². The fourth-order valence-corrected chi connectivity index (χ4v) is 13.3. The molecular weight excluding hydrogens is 1030 g/mol. The Labute approximate surface area is 503 Å². The van der Waals surface area contributed by atoms with Crippen LogP contribution in [0.2, 0.25) is 0 Å². The molecule has 0 spiro atoms. The van der Waals surface area contributed by atoms with Crippen LogP contribution in [-0.2, 0) is 10.3 Å².